The van der Waals surface area contributed by atoms with Crippen LogP contribution in [0.2, 0.25) is 0 Å². The van der Waals surface area contributed by atoms with Gasteiger partial charge in [0, 0.05) is 6.07 Å². The van der Waals surface area contributed by atoms with Crippen LogP contribution in [0.1, 0.15) is 49.3 Å². The van der Waals surface area contributed by atoms with Crippen molar-refractivity contribution >= 4 is 0 Å². The number of hydrogen-bond donors (Lipinski definition) is 0. The molecule has 0 atom stereocenters. The highest BCUT2D eigenvalue weighted by Crippen LogP contribution is 2.36. The van der Waals surface area contributed by atoms with Crippen LogP contribution < -0.4 is 0 Å². The molecule has 0 spiro atoms. The minimum atomic E-state index is -0.537. The average molecular weight is 376 g/mol. The Balaban J connectivity index is 1.59. The first-order valence-corrected chi connectivity index (χ1v) is 10.4. The van der Waals surface area contributed by atoms with Crippen LogP contribution in [0.4, 0.5) is 8.78 Å². The predicted octanol–water partition coefficient (Wildman–Crippen LogP) is 7.52. The van der Waals surface area contributed by atoms with Gasteiger partial charge in [-0.15, -0.1) is 0 Å². The highest BCUT2D eigenvalue weighted by Gasteiger charge is 2.17. The Bertz CT molecular complexity index is 967. The molecule has 1 aliphatic carbocycles. The Kier molecular flexibility index (Phi) is 5.57. The van der Waals surface area contributed by atoms with Crippen LogP contribution in [0, 0.1) is 11.6 Å². The smallest absolute Gasteiger partial charge is 0.126 e. The third-order valence-electron chi connectivity index (χ3n) is 5.74. The monoisotopic (exact) mass is 376 g/mol. The van der Waals surface area contributed by atoms with Gasteiger partial charge >= 0.3 is 0 Å². The fourth-order valence-electron chi connectivity index (χ4n) is 4.26. The SMILES string of the molecule is CCCCCCc1ccc2c(c1)CCc1cc(-c3cc(F)cc(F)c3)ccc1-2. The summed E-state index contributed by atoms with van der Waals surface area (Å²) in [6, 6.07) is 16.8. The van der Waals surface area contributed by atoms with Gasteiger partial charge in [-0.1, -0.05) is 62.6 Å². The Morgan fingerprint density at radius 1 is 0.679 bits per heavy atom. The third-order valence-corrected chi connectivity index (χ3v) is 5.74. The van der Waals surface area contributed by atoms with Gasteiger partial charge in [-0.3, -0.25) is 0 Å². The van der Waals surface area contributed by atoms with E-state index in [-0.39, 0.29) is 0 Å². The van der Waals surface area contributed by atoms with Crippen molar-refractivity contribution in [1.29, 1.82) is 0 Å². The average Bonchev–Trinajstić information content (AvgIpc) is 2.70. The van der Waals surface area contributed by atoms with Gasteiger partial charge in [-0.2, -0.15) is 0 Å². The van der Waals surface area contributed by atoms with E-state index in [2.05, 4.69) is 37.3 Å². The fourth-order valence-corrected chi connectivity index (χ4v) is 4.26. The zero-order valence-electron chi connectivity index (χ0n) is 16.4. The van der Waals surface area contributed by atoms with Gasteiger partial charge in [0.05, 0.1) is 0 Å². The lowest BCUT2D eigenvalue weighted by Crippen LogP contribution is -2.05. The fraction of sp³-hybridized carbons (Fsp3) is 0.308. The van der Waals surface area contributed by atoms with Crippen LogP contribution >= 0.6 is 0 Å². The van der Waals surface area contributed by atoms with E-state index in [0.29, 0.717) is 5.56 Å². The molecule has 0 unspecified atom stereocenters. The molecular weight excluding hydrogens is 350 g/mol. The maximum absolute atomic E-state index is 13.6. The predicted molar refractivity (Wildman–Crippen MR) is 112 cm³/mol. The molecule has 3 aromatic carbocycles. The molecule has 0 heterocycles. The minimum absolute atomic E-state index is 0.537. The summed E-state index contributed by atoms with van der Waals surface area (Å²) in [5.74, 6) is -1.07. The van der Waals surface area contributed by atoms with E-state index in [1.807, 2.05) is 6.07 Å². The normalized spacial score (nSPS) is 12.5. The summed E-state index contributed by atoms with van der Waals surface area (Å²) in [6.07, 6.45) is 8.29. The molecule has 0 amide bonds. The second-order valence-corrected chi connectivity index (χ2v) is 7.83. The van der Waals surface area contributed by atoms with Gasteiger partial charge in [0.1, 0.15) is 11.6 Å². The third kappa shape index (κ3) is 4.01. The largest absolute Gasteiger partial charge is 0.207 e. The molecule has 1 aliphatic rings. The van der Waals surface area contributed by atoms with Gasteiger partial charge in [0.25, 0.3) is 0 Å². The molecule has 0 bridgehead atoms. The highest BCUT2D eigenvalue weighted by molar-refractivity contribution is 5.77. The molecular formula is C26H26F2. The van der Waals surface area contributed by atoms with E-state index in [1.54, 1.807) is 0 Å². The molecule has 0 radical (unpaired) electrons. The van der Waals surface area contributed by atoms with Crippen molar-refractivity contribution in [2.24, 2.45) is 0 Å². The van der Waals surface area contributed by atoms with Crippen molar-refractivity contribution in [3.8, 4) is 22.3 Å². The number of hydrogen-bond acceptors (Lipinski definition) is 0. The summed E-state index contributed by atoms with van der Waals surface area (Å²) in [7, 11) is 0. The molecule has 0 saturated heterocycles. The summed E-state index contributed by atoms with van der Waals surface area (Å²) < 4.78 is 27.2. The van der Waals surface area contributed by atoms with E-state index in [1.165, 1.54) is 65.6 Å². The van der Waals surface area contributed by atoms with E-state index in [0.717, 1.165) is 30.9 Å². The molecule has 0 nitrogen and oxygen atoms in total. The number of fused-ring (bicyclic) bond motifs is 3. The quantitative estimate of drug-likeness (QED) is 0.390. The molecule has 144 valence electrons. The Labute approximate surface area is 166 Å². The van der Waals surface area contributed by atoms with Gasteiger partial charge < -0.3 is 0 Å². The van der Waals surface area contributed by atoms with Crippen molar-refractivity contribution in [2.75, 3.05) is 0 Å². The summed E-state index contributed by atoms with van der Waals surface area (Å²) in [5.41, 5.74) is 8.12. The van der Waals surface area contributed by atoms with Crippen LogP contribution in [0.5, 0.6) is 0 Å². The Morgan fingerprint density at radius 3 is 2.07 bits per heavy atom. The van der Waals surface area contributed by atoms with Crippen molar-refractivity contribution in [3.05, 3.63) is 82.9 Å². The summed E-state index contributed by atoms with van der Waals surface area (Å²) in [6.45, 7) is 2.24. The molecule has 28 heavy (non-hydrogen) atoms. The van der Waals surface area contributed by atoms with E-state index in [4.69, 9.17) is 0 Å². The minimum Gasteiger partial charge on any atom is -0.207 e. The molecule has 0 aliphatic heterocycles. The van der Waals surface area contributed by atoms with E-state index in [9.17, 15) is 8.78 Å². The van der Waals surface area contributed by atoms with Gasteiger partial charge in [0.15, 0.2) is 0 Å². The van der Waals surface area contributed by atoms with Crippen molar-refractivity contribution < 1.29 is 8.78 Å². The molecule has 4 rings (SSSR count). The lowest BCUT2D eigenvalue weighted by atomic mass is 9.83. The van der Waals surface area contributed by atoms with E-state index >= 15 is 0 Å². The number of halogens is 2. The van der Waals surface area contributed by atoms with Crippen molar-refractivity contribution in [3.63, 3.8) is 0 Å². The molecule has 3 aromatic rings. The Morgan fingerprint density at radius 2 is 1.36 bits per heavy atom. The van der Waals surface area contributed by atoms with Crippen LogP contribution in [-0.4, -0.2) is 0 Å². The number of unbranched alkanes of at least 4 members (excludes halogenated alkanes) is 3. The maximum atomic E-state index is 13.6. The summed E-state index contributed by atoms with van der Waals surface area (Å²) in [4.78, 5) is 0. The van der Waals surface area contributed by atoms with Crippen LogP contribution in [0.3, 0.4) is 0 Å². The molecule has 2 heteroatoms. The second kappa shape index (κ2) is 8.26. The molecule has 0 aromatic heterocycles. The van der Waals surface area contributed by atoms with Crippen molar-refractivity contribution in [2.45, 2.75) is 51.9 Å². The van der Waals surface area contributed by atoms with Gasteiger partial charge in [0.2, 0.25) is 0 Å². The molecule has 0 fully saturated rings. The first-order chi connectivity index (χ1) is 13.6. The lowest BCUT2D eigenvalue weighted by molar-refractivity contribution is 0.584. The van der Waals surface area contributed by atoms with Crippen LogP contribution in [0.25, 0.3) is 22.3 Å². The summed E-state index contributed by atoms with van der Waals surface area (Å²) >= 11 is 0. The molecule has 0 N–H and O–H groups in total. The topological polar surface area (TPSA) is 0 Å². The number of aryl methyl sites for hydroxylation is 3. The highest BCUT2D eigenvalue weighted by atomic mass is 19.1. The maximum Gasteiger partial charge on any atom is 0.126 e. The van der Waals surface area contributed by atoms with Crippen LogP contribution in [-0.2, 0) is 19.3 Å². The van der Waals surface area contributed by atoms with E-state index < -0.39 is 11.6 Å². The van der Waals surface area contributed by atoms with Gasteiger partial charge in [-0.25, -0.2) is 8.78 Å². The van der Waals surface area contributed by atoms with Crippen molar-refractivity contribution in [1.82, 2.24) is 0 Å². The first-order valence-electron chi connectivity index (χ1n) is 10.4. The second-order valence-electron chi connectivity index (χ2n) is 7.83. The molecule has 0 saturated carbocycles. The number of rotatable bonds is 6. The Hall–Kier alpha value is -2.48. The zero-order chi connectivity index (χ0) is 19.5. The summed E-state index contributed by atoms with van der Waals surface area (Å²) in [5, 5.41) is 0. The standard InChI is InChI=1S/C26H26F2/c1-2-3-4-5-6-18-7-11-25-20(13-18)8-9-21-14-19(10-12-26(21)25)22-15-23(27)17-24(28)16-22/h7,10-17H,2-6,8-9H2,1H3. The van der Waals surface area contributed by atoms with Gasteiger partial charge in [-0.05, 0) is 76.8 Å². The first kappa shape index (κ1) is 18.9. The lowest BCUT2D eigenvalue weighted by Gasteiger charge is -2.21. The number of benzene rings is 3. The zero-order valence-corrected chi connectivity index (χ0v) is 16.4. The van der Waals surface area contributed by atoms with Crippen LogP contribution in [0.15, 0.2) is 54.6 Å².